The fourth-order valence-corrected chi connectivity index (χ4v) is 3.19. The highest BCUT2D eigenvalue weighted by Crippen LogP contribution is 2.29. The number of nitrogens with two attached hydrogens (primary N) is 1. The Kier molecular flexibility index (Phi) is 5.79. The third-order valence-corrected chi connectivity index (χ3v) is 4.84. The number of ether oxygens (including phenoxy) is 1. The molecule has 1 aliphatic rings. The molecule has 7 nitrogen and oxygen atoms in total. The molecule has 0 radical (unpaired) electrons. The largest absolute Gasteiger partial charge is 0.491 e. The number of nitrogens with one attached hydrogen (secondary N) is 1. The van der Waals surface area contributed by atoms with Crippen LogP contribution in [0, 0.1) is 5.41 Å². The average molecular weight is 387 g/mol. The molecule has 4 N–H and O–H groups in total. The van der Waals surface area contributed by atoms with Gasteiger partial charge in [0.1, 0.15) is 23.6 Å². The van der Waals surface area contributed by atoms with E-state index < -0.39 is 12.3 Å². The molecule has 150 valence electrons. The number of hydrogen-bond acceptors (Lipinski definition) is 7. The minimum Gasteiger partial charge on any atom is -0.491 e. The lowest BCUT2D eigenvalue weighted by Crippen LogP contribution is -2.44. The van der Waals surface area contributed by atoms with Crippen molar-refractivity contribution in [2.45, 2.75) is 38.5 Å². The number of aliphatic hydroxyl groups excluding tert-OH is 1. The number of hydrogen-bond donors (Lipinski definition) is 3. The lowest BCUT2D eigenvalue weighted by atomic mass is 9.94. The summed E-state index contributed by atoms with van der Waals surface area (Å²) in [6, 6.07) is 6.93. The molecule has 2 heterocycles. The Morgan fingerprint density at radius 1 is 1.32 bits per heavy atom. The fraction of sp³-hybridized carbons (Fsp3) is 0.450. The summed E-state index contributed by atoms with van der Waals surface area (Å²) in [7, 11) is 0. The van der Waals surface area contributed by atoms with E-state index in [1.807, 2.05) is 18.7 Å². The Morgan fingerprint density at radius 2 is 2.04 bits per heavy atom. The van der Waals surface area contributed by atoms with Crippen molar-refractivity contribution >= 4 is 17.2 Å². The molecule has 0 amide bonds. The zero-order valence-electron chi connectivity index (χ0n) is 16.2. The van der Waals surface area contributed by atoms with E-state index >= 15 is 0 Å². The molecule has 1 aromatic carbocycles. The predicted molar refractivity (Wildman–Crippen MR) is 107 cm³/mol. The van der Waals surface area contributed by atoms with Gasteiger partial charge < -0.3 is 20.5 Å². The molecule has 8 heteroatoms. The van der Waals surface area contributed by atoms with Gasteiger partial charge in [0, 0.05) is 43.2 Å². The molecule has 0 atom stereocenters. The Morgan fingerprint density at radius 3 is 2.68 bits per heavy atom. The standard InChI is InChI=1S/C20H26FN5O2/c1-13(2)28-14-3-4-16(22)15(9-14)19(23)17-10-18(25-12-24-17)26-7-5-20(21,11-27)6-8-26/h3-4,9-10,12-13,23,27H,5-8,11,22H2,1-2H3. The van der Waals surface area contributed by atoms with Crippen molar-refractivity contribution in [1.29, 1.82) is 5.41 Å². The van der Waals surface area contributed by atoms with Crippen LogP contribution in [0.5, 0.6) is 5.75 Å². The lowest BCUT2D eigenvalue weighted by Gasteiger charge is -2.35. The second-order valence-corrected chi connectivity index (χ2v) is 7.35. The number of anilines is 2. The van der Waals surface area contributed by atoms with Gasteiger partial charge in [0.25, 0.3) is 0 Å². The molecule has 1 fully saturated rings. The monoisotopic (exact) mass is 387 g/mol. The van der Waals surface area contributed by atoms with Gasteiger partial charge >= 0.3 is 0 Å². The van der Waals surface area contributed by atoms with E-state index in [-0.39, 0.29) is 24.7 Å². The quantitative estimate of drug-likeness (QED) is 0.519. The first-order valence-electron chi connectivity index (χ1n) is 9.33. The van der Waals surface area contributed by atoms with Crippen LogP contribution in [0.15, 0.2) is 30.6 Å². The van der Waals surface area contributed by atoms with E-state index in [0.29, 0.717) is 41.6 Å². The molecule has 0 aliphatic carbocycles. The summed E-state index contributed by atoms with van der Waals surface area (Å²) in [5.74, 6) is 1.26. The van der Waals surface area contributed by atoms with Gasteiger partial charge in [0.2, 0.25) is 0 Å². The molecule has 1 aromatic heterocycles. The second kappa shape index (κ2) is 8.10. The topological polar surface area (TPSA) is 108 Å². The number of benzene rings is 1. The highest BCUT2D eigenvalue weighted by Gasteiger charge is 2.34. The van der Waals surface area contributed by atoms with Crippen LogP contribution in [-0.4, -0.2) is 52.3 Å². The number of aliphatic hydroxyl groups is 1. The van der Waals surface area contributed by atoms with Gasteiger partial charge in [-0.1, -0.05) is 0 Å². The van der Waals surface area contributed by atoms with Crippen molar-refractivity contribution in [2.75, 3.05) is 30.3 Å². The van der Waals surface area contributed by atoms with Gasteiger partial charge in [0.15, 0.2) is 0 Å². The van der Waals surface area contributed by atoms with Gasteiger partial charge in [0.05, 0.1) is 24.1 Å². The van der Waals surface area contributed by atoms with E-state index in [1.54, 1.807) is 24.3 Å². The molecule has 1 saturated heterocycles. The van der Waals surface area contributed by atoms with Gasteiger partial charge in [-0.15, -0.1) is 0 Å². The van der Waals surface area contributed by atoms with Crippen molar-refractivity contribution in [3.8, 4) is 5.75 Å². The van der Waals surface area contributed by atoms with Gasteiger partial charge in [-0.05, 0) is 32.0 Å². The van der Waals surface area contributed by atoms with Crippen LogP contribution in [0.2, 0.25) is 0 Å². The number of rotatable bonds is 6. The van der Waals surface area contributed by atoms with E-state index in [4.69, 9.17) is 15.9 Å². The Bertz CT molecular complexity index is 850. The van der Waals surface area contributed by atoms with Gasteiger partial charge in [-0.25, -0.2) is 14.4 Å². The minimum absolute atomic E-state index is 0.0111. The molecule has 0 bridgehead atoms. The van der Waals surface area contributed by atoms with Crippen molar-refractivity contribution in [3.63, 3.8) is 0 Å². The minimum atomic E-state index is -1.52. The van der Waals surface area contributed by atoms with Crippen LogP contribution in [0.25, 0.3) is 0 Å². The maximum Gasteiger partial charge on any atom is 0.137 e. The first kappa shape index (κ1) is 20.0. The van der Waals surface area contributed by atoms with Gasteiger partial charge in [-0.2, -0.15) is 0 Å². The third kappa shape index (κ3) is 4.39. The summed E-state index contributed by atoms with van der Waals surface area (Å²) in [6.45, 7) is 4.29. The Labute approximate surface area is 163 Å². The zero-order valence-corrected chi connectivity index (χ0v) is 16.2. The van der Waals surface area contributed by atoms with Crippen molar-refractivity contribution in [3.05, 3.63) is 41.9 Å². The molecule has 0 spiro atoms. The van der Waals surface area contributed by atoms with Crippen LogP contribution < -0.4 is 15.4 Å². The summed E-state index contributed by atoms with van der Waals surface area (Å²) >= 11 is 0. The zero-order chi connectivity index (χ0) is 20.3. The molecule has 3 rings (SSSR count). The maximum atomic E-state index is 14.2. The number of nitrogens with zero attached hydrogens (tertiary/aromatic N) is 3. The van der Waals surface area contributed by atoms with E-state index in [0.717, 1.165) is 0 Å². The molecule has 0 saturated carbocycles. The molecular formula is C20H26FN5O2. The highest BCUT2D eigenvalue weighted by molar-refractivity contribution is 6.13. The number of alkyl halides is 1. The third-order valence-electron chi connectivity index (χ3n) is 4.84. The van der Waals surface area contributed by atoms with Crippen LogP contribution in [0.1, 0.15) is 37.9 Å². The van der Waals surface area contributed by atoms with E-state index in [1.165, 1.54) is 6.33 Å². The predicted octanol–water partition coefficient (Wildman–Crippen LogP) is 2.56. The number of aromatic nitrogens is 2. The highest BCUT2D eigenvalue weighted by atomic mass is 19.1. The smallest absolute Gasteiger partial charge is 0.137 e. The summed E-state index contributed by atoms with van der Waals surface area (Å²) in [6.07, 6.45) is 1.88. The number of nitrogen functional groups attached to an aromatic ring is 1. The van der Waals surface area contributed by atoms with Crippen LogP contribution in [-0.2, 0) is 0 Å². The van der Waals surface area contributed by atoms with Crippen molar-refractivity contribution < 1.29 is 14.2 Å². The summed E-state index contributed by atoms with van der Waals surface area (Å²) in [4.78, 5) is 10.4. The molecule has 2 aromatic rings. The molecule has 0 unspecified atom stereocenters. The van der Waals surface area contributed by atoms with Crippen molar-refractivity contribution in [2.24, 2.45) is 0 Å². The van der Waals surface area contributed by atoms with Crippen LogP contribution >= 0.6 is 0 Å². The summed E-state index contributed by atoms with van der Waals surface area (Å²) < 4.78 is 19.9. The number of piperidine rings is 1. The van der Waals surface area contributed by atoms with Crippen molar-refractivity contribution in [1.82, 2.24) is 9.97 Å². The molecule has 28 heavy (non-hydrogen) atoms. The summed E-state index contributed by atoms with van der Waals surface area (Å²) in [5, 5.41) is 17.7. The van der Waals surface area contributed by atoms with E-state index in [9.17, 15) is 9.50 Å². The Balaban J connectivity index is 1.82. The molecule has 1 aliphatic heterocycles. The van der Waals surface area contributed by atoms with Crippen LogP contribution in [0.3, 0.4) is 0 Å². The maximum absolute atomic E-state index is 14.2. The Hall–Kier alpha value is -2.74. The normalized spacial score (nSPS) is 16.2. The average Bonchev–Trinajstić information content (AvgIpc) is 2.69. The molecular weight excluding hydrogens is 361 g/mol. The fourth-order valence-electron chi connectivity index (χ4n) is 3.19. The number of halogens is 1. The van der Waals surface area contributed by atoms with Gasteiger partial charge in [-0.3, -0.25) is 5.41 Å². The van der Waals surface area contributed by atoms with E-state index in [2.05, 4.69) is 9.97 Å². The first-order chi connectivity index (χ1) is 13.3. The lowest BCUT2D eigenvalue weighted by molar-refractivity contribution is 0.0480. The SMILES string of the molecule is CC(C)Oc1ccc(N)c(C(=N)c2cc(N3CCC(F)(CO)CC3)ncn2)c1. The first-order valence-corrected chi connectivity index (χ1v) is 9.33. The summed E-state index contributed by atoms with van der Waals surface area (Å²) in [5.41, 5.74) is 6.14. The van der Waals surface area contributed by atoms with Crippen LogP contribution in [0.4, 0.5) is 15.9 Å². The second-order valence-electron chi connectivity index (χ2n) is 7.35.